The molecule has 3 N–H and O–H groups in total. The van der Waals surface area contributed by atoms with E-state index in [1.54, 1.807) is 51.1 Å². The monoisotopic (exact) mass is 544 g/mol. The van der Waals surface area contributed by atoms with Gasteiger partial charge in [-0.1, -0.05) is 23.7 Å². The molecule has 0 bridgehead atoms. The number of nitrogens with one attached hydrogen (secondary N) is 1. The van der Waals surface area contributed by atoms with Crippen LogP contribution in [0.25, 0.3) is 0 Å². The van der Waals surface area contributed by atoms with E-state index < -0.39 is 32.7 Å². The molecule has 0 fully saturated rings. The number of ether oxygens (including phenoxy) is 2. The summed E-state index contributed by atoms with van der Waals surface area (Å²) >= 11 is 5.97. The maximum absolute atomic E-state index is 13.8. The number of rotatable bonds is 9. The van der Waals surface area contributed by atoms with Crippen LogP contribution in [0.3, 0.4) is 0 Å². The summed E-state index contributed by atoms with van der Waals surface area (Å²) in [6.07, 6.45) is -0.134. The van der Waals surface area contributed by atoms with Gasteiger partial charge in [-0.2, -0.15) is 0 Å². The SMILES string of the molecule is COc1ccc(NC(c2ccc(C(=O)OC(C)(C)C)cc2)S(=O)(=O)c2ccc(Cl)cc2)c(CC(N)=O)c1. The van der Waals surface area contributed by atoms with E-state index in [-0.39, 0.29) is 16.9 Å². The molecule has 0 aliphatic carbocycles. The van der Waals surface area contributed by atoms with E-state index in [1.165, 1.54) is 43.5 Å². The van der Waals surface area contributed by atoms with Crippen molar-refractivity contribution < 1.29 is 27.5 Å². The summed E-state index contributed by atoms with van der Waals surface area (Å²) in [6, 6.07) is 16.8. The lowest BCUT2D eigenvalue weighted by Crippen LogP contribution is -2.24. The Morgan fingerprint density at radius 1 is 1.00 bits per heavy atom. The predicted octanol–water partition coefficient (Wildman–Crippen LogP) is 4.92. The van der Waals surface area contributed by atoms with E-state index in [0.717, 1.165) is 0 Å². The zero-order valence-corrected chi connectivity index (χ0v) is 22.5. The van der Waals surface area contributed by atoms with E-state index in [1.807, 2.05) is 0 Å². The number of halogens is 1. The number of methoxy groups -OCH3 is 1. The number of sulfone groups is 1. The predicted molar refractivity (Wildman–Crippen MR) is 143 cm³/mol. The molecule has 1 amide bonds. The molecular formula is C27H29ClN2O6S. The Balaban J connectivity index is 2.08. The van der Waals surface area contributed by atoms with Crippen molar-refractivity contribution in [3.8, 4) is 5.75 Å². The quantitative estimate of drug-likeness (QED) is 0.366. The van der Waals surface area contributed by atoms with Crippen molar-refractivity contribution in [1.29, 1.82) is 0 Å². The summed E-state index contributed by atoms with van der Waals surface area (Å²) in [5.74, 6) is -0.626. The van der Waals surface area contributed by atoms with E-state index in [4.69, 9.17) is 26.8 Å². The summed E-state index contributed by atoms with van der Waals surface area (Å²) in [5, 5.41) is 2.18. The highest BCUT2D eigenvalue weighted by Gasteiger charge is 2.30. The molecular weight excluding hydrogens is 516 g/mol. The van der Waals surface area contributed by atoms with Crippen molar-refractivity contribution in [3.05, 3.63) is 88.4 Å². The van der Waals surface area contributed by atoms with E-state index >= 15 is 0 Å². The Morgan fingerprint density at radius 3 is 2.16 bits per heavy atom. The van der Waals surface area contributed by atoms with Gasteiger partial charge in [0.2, 0.25) is 15.7 Å². The third-order valence-corrected chi connectivity index (χ3v) is 7.46. The molecule has 8 nitrogen and oxygen atoms in total. The molecule has 1 atom stereocenters. The van der Waals surface area contributed by atoms with Gasteiger partial charge < -0.3 is 20.5 Å². The maximum atomic E-state index is 13.8. The van der Waals surface area contributed by atoms with Crippen LogP contribution in [0.2, 0.25) is 5.02 Å². The van der Waals surface area contributed by atoms with Crippen LogP contribution >= 0.6 is 11.6 Å². The molecule has 3 aromatic carbocycles. The Bertz CT molecular complexity index is 1380. The number of carbonyl (C=O) groups is 2. The number of anilines is 1. The normalized spacial score (nSPS) is 12.5. The number of hydrogen-bond donors (Lipinski definition) is 2. The van der Waals surface area contributed by atoms with E-state index in [2.05, 4.69) is 5.32 Å². The highest BCUT2D eigenvalue weighted by Crippen LogP contribution is 2.34. The largest absolute Gasteiger partial charge is 0.497 e. The van der Waals surface area contributed by atoms with Crippen molar-refractivity contribution in [1.82, 2.24) is 0 Å². The summed E-state index contributed by atoms with van der Waals surface area (Å²) in [7, 11) is -2.54. The molecule has 0 saturated carbocycles. The van der Waals surface area contributed by atoms with Crippen LogP contribution in [0.4, 0.5) is 5.69 Å². The molecule has 0 saturated heterocycles. The lowest BCUT2D eigenvalue weighted by Gasteiger charge is -2.23. The van der Waals surface area contributed by atoms with Crippen LogP contribution in [0.5, 0.6) is 5.75 Å². The summed E-state index contributed by atoms with van der Waals surface area (Å²) < 4.78 is 38.2. The second-order valence-electron chi connectivity index (χ2n) is 9.31. The Labute approximate surface area is 221 Å². The molecule has 0 heterocycles. The maximum Gasteiger partial charge on any atom is 0.338 e. The fourth-order valence-electron chi connectivity index (χ4n) is 3.54. The zero-order chi connectivity index (χ0) is 27.4. The molecule has 196 valence electrons. The standard InChI is InChI=1S/C27H29ClN2O6S/c1-27(2,3)36-26(32)18-7-5-17(6-8-18)25(37(33,34)22-12-9-20(28)10-13-22)30-23-14-11-21(35-4)15-19(23)16-24(29)31/h5-15,25,30H,16H2,1-4H3,(H2,29,31). The van der Waals surface area contributed by atoms with Crippen molar-refractivity contribution in [2.45, 2.75) is 43.1 Å². The lowest BCUT2D eigenvalue weighted by molar-refractivity contribution is -0.117. The van der Waals surface area contributed by atoms with Crippen molar-refractivity contribution in [3.63, 3.8) is 0 Å². The minimum atomic E-state index is -4.03. The molecule has 0 radical (unpaired) electrons. The van der Waals surface area contributed by atoms with Gasteiger partial charge in [-0.05, 0) is 86.5 Å². The molecule has 0 spiro atoms. The Hall–Kier alpha value is -3.56. The summed E-state index contributed by atoms with van der Waals surface area (Å²) in [6.45, 7) is 5.28. The number of benzene rings is 3. The van der Waals surface area contributed by atoms with E-state index in [9.17, 15) is 18.0 Å². The first kappa shape index (κ1) is 28.0. The van der Waals surface area contributed by atoms with Gasteiger partial charge in [0.25, 0.3) is 0 Å². The highest BCUT2D eigenvalue weighted by atomic mass is 35.5. The first-order valence-electron chi connectivity index (χ1n) is 11.3. The zero-order valence-electron chi connectivity index (χ0n) is 20.9. The third kappa shape index (κ3) is 7.24. The van der Waals surface area contributed by atoms with Crippen LogP contribution in [0, 0.1) is 0 Å². The van der Waals surface area contributed by atoms with Crippen molar-refractivity contribution in [2.24, 2.45) is 5.73 Å². The summed E-state index contributed by atoms with van der Waals surface area (Å²) in [4.78, 5) is 24.2. The first-order valence-corrected chi connectivity index (χ1v) is 13.3. The van der Waals surface area contributed by atoms with Gasteiger partial charge in [0.1, 0.15) is 11.4 Å². The van der Waals surface area contributed by atoms with Crippen LogP contribution in [-0.2, 0) is 25.8 Å². The minimum absolute atomic E-state index is 0.0376. The van der Waals surface area contributed by atoms with Gasteiger partial charge in [-0.25, -0.2) is 13.2 Å². The van der Waals surface area contributed by atoms with Crippen molar-refractivity contribution in [2.75, 3.05) is 12.4 Å². The second kappa shape index (κ2) is 11.2. The molecule has 3 aromatic rings. The fraction of sp³-hybridized carbons (Fsp3) is 0.259. The van der Waals surface area contributed by atoms with Gasteiger partial charge in [0.05, 0.1) is 24.0 Å². The first-order chi connectivity index (χ1) is 17.3. The molecule has 0 aliphatic rings. The van der Waals surface area contributed by atoms with Gasteiger partial charge in [0, 0.05) is 10.7 Å². The van der Waals surface area contributed by atoms with Gasteiger partial charge in [-0.15, -0.1) is 0 Å². The molecule has 3 rings (SSSR count). The fourth-order valence-corrected chi connectivity index (χ4v) is 5.26. The highest BCUT2D eigenvalue weighted by molar-refractivity contribution is 7.91. The number of carbonyl (C=O) groups excluding carboxylic acids is 2. The Morgan fingerprint density at radius 2 is 1.62 bits per heavy atom. The molecule has 37 heavy (non-hydrogen) atoms. The van der Waals surface area contributed by atoms with Crippen LogP contribution in [-0.4, -0.2) is 33.0 Å². The molecule has 0 aliphatic heterocycles. The number of esters is 1. The van der Waals surface area contributed by atoms with Crippen LogP contribution in [0.1, 0.15) is 47.6 Å². The summed E-state index contributed by atoms with van der Waals surface area (Å²) in [5.41, 5.74) is 6.24. The average Bonchev–Trinajstić information content (AvgIpc) is 2.82. The van der Waals surface area contributed by atoms with Gasteiger partial charge >= 0.3 is 5.97 Å². The number of primary amides is 1. The van der Waals surface area contributed by atoms with Gasteiger partial charge in [0.15, 0.2) is 5.37 Å². The second-order valence-corrected chi connectivity index (χ2v) is 11.8. The number of hydrogen-bond acceptors (Lipinski definition) is 7. The average molecular weight is 545 g/mol. The smallest absolute Gasteiger partial charge is 0.338 e. The minimum Gasteiger partial charge on any atom is -0.497 e. The van der Waals surface area contributed by atoms with E-state index in [0.29, 0.717) is 27.6 Å². The molecule has 10 heteroatoms. The molecule has 1 unspecified atom stereocenters. The topological polar surface area (TPSA) is 125 Å². The number of amides is 1. The third-order valence-electron chi connectivity index (χ3n) is 5.26. The Kier molecular flexibility index (Phi) is 8.50. The van der Waals surface area contributed by atoms with Crippen LogP contribution in [0.15, 0.2) is 71.6 Å². The number of nitrogens with two attached hydrogens (primary N) is 1. The van der Waals surface area contributed by atoms with Crippen LogP contribution < -0.4 is 15.8 Å². The van der Waals surface area contributed by atoms with Crippen molar-refractivity contribution >= 4 is 39.0 Å². The molecule has 0 aromatic heterocycles. The lowest BCUT2D eigenvalue weighted by atomic mass is 10.1. The van der Waals surface area contributed by atoms with Gasteiger partial charge in [-0.3, -0.25) is 4.79 Å².